The predicted octanol–water partition coefficient (Wildman–Crippen LogP) is 1.47. The molecule has 106 valence electrons. The van der Waals surface area contributed by atoms with Crippen LogP contribution in [0.5, 0.6) is 0 Å². The number of nitrogens with one attached hydrogen (secondary N) is 1. The molecular weight excluding hydrogens is 242 g/mol. The van der Waals surface area contributed by atoms with E-state index in [4.69, 9.17) is 9.47 Å². The van der Waals surface area contributed by atoms with Gasteiger partial charge in [0.15, 0.2) is 6.29 Å². The summed E-state index contributed by atoms with van der Waals surface area (Å²) in [5.74, 6) is 0.977. The molecule has 1 N–H and O–H groups in total. The summed E-state index contributed by atoms with van der Waals surface area (Å²) < 4.78 is 11.4. The number of nitrogens with zero attached hydrogens (tertiary/aromatic N) is 2. The second-order valence-electron chi connectivity index (χ2n) is 5.49. The molecule has 0 aromatic heterocycles. The van der Waals surface area contributed by atoms with Crippen LogP contribution >= 0.6 is 0 Å². The van der Waals surface area contributed by atoms with Crippen LogP contribution in [0.1, 0.15) is 32.1 Å². The van der Waals surface area contributed by atoms with Crippen molar-refractivity contribution in [1.82, 2.24) is 10.2 Å². The van der Waals surface area contributed by atoms with E-state index in [1.807, 2.05) is 13.4 Å². The molecule has 1 saturated carbocycles. The molecule has 0 radical (unpaired) electrons. The smallest absolute Gasteiger partial charge is 0.157 e. The van der Waals surface area contributed by atoms with Crippen LogP contribution in [0, 0.1) is 0 Å². The van der Waals surface area contributed by atoms with E-state index in [9.17, 15) is 0 Å². The summed E-state index contributed by atoms with van der Waals surface area (Å²) in [6, 6.07) is 0. The van der Waals surface area contributed by atoms with Crippen molar-refractivity contribution in [3.63, 3.8) is 0 Å². The van der Waals surface area contributed by atoms with Crippen LogP contribution in [-0.2, 0) is 9.47 Å². The SMILES string of the molecule is CNC1=CC2(CC2)N(CCOC2CCCCO2)C=N1. The fourth-order valence-corrected chi connectivity index (χ4v) is 2.72. The van der Waals surface area contributed by atoms with Crippen molar-refractivity contribution in [1.29, 1.82) is 0 Å². The fraction of sp³-hybridized carbons (Fsp3) is 0.786. The summed E-state index contributed by atoms with van der Waals surface area (Å²) in [4.78, 5) is 6.70. The van der Waals surface area contributed by atoms with Crippen molar-refractivity contribution in [3.05, 3.63) is 11.9 Å². The highest BCUT2D eigenvalue weighted by Crippen LogP contribution is 2.44. The Morgan fingerprint density at radius 2 is 2.42 bits per heavy atom. The first-order valence-electron chi connectivity index (χ1n) is 7.27. The van der Waals surface area contributed by atoms with Gasteiger partial charge in [-0.3, -0.25) is 0 Å². The summed E-state index contributed by atoms with van der Waals surface area (Å²) >= 11 is 0. The molecule has 5 nitrogen and oxygen atoms in total. The van der Waals surface area contributed by atoms with Crippen molar-refractivity contribution in [2.45, 2.75) is 43.9 Å². The Bertz CT molecular complexity index is 371. The van der Waals surface area contributed by atoms with E-state index in [1.165, 1.54) is 25.7 Å². The summed E-state index contributed by atoms with van der Waals surface area (Å²) in [5.41, 5.74) is 0.205. The minimum absolute atomic E-state index is 0.00837. The topological polar surface area (TPSA) is 46.1 Å². The molecule has 2 heterocycles. The highest BCUT2D eigenvalue weighted by atomic mass is 16.7. The van der Waals surface area contributed by atoms with Crippen LogP contribution in [-0.4, -0.2) is 49.9 Å². The van der Waals surface area contributed by atoms with Gasteiger partial charge in [-0.1, -0.05) is 0 Å². The van der Waals surface area contributed by atoms with E-state index in [2.05, 4.69) is 21.3 Å². The normalized spacial score (nSPS) is 28.4. The van der Waals surface area contributed by atoms with Crippen LogP contribution in [0.3, 0.4) is 0 Å². The van der Waals surface area contributed by atoms with Crippen LogP contribution in [0.4, 0.5) is 0 Å². The third kappa shape index (κ3) is 2.92. The number of rotatable bonds is 5. The van der Waals surface area contributed by atoms with Crippen LogP contribution < -0.4 is 5.32 Å². The molecule has 19 heavy (non-hydrogen) atoms. The first-order chi connectivity index (χ1) is 9.32. The van der Waals surface area contributed by atoms with Crippen molar-refractivity contribution in [2.24, 2.45) is 4.99 Å². The summed E-state index contributed by atoms with van der Waals surface area (Å²) in [5, 5.41) is 3.11. The van der Waals surface area contributed by atoms with E-state index in [0.29, 0.717) is 6.61 Å². The van der Waals surface area contributed by atoms with Gasteiger partial charge in [0.2, 0.25) is 0 Å². The maximum absolute atomic E-state index is 5.80. The van der Waals surface area contributed by atoms with Gasteiger partial charge in [-0.2, -0.15) is 0 Å². The van der Waals surface area contributed by atoms with Gasteiger partial charge in [-0.15, -0.1) is 0 Å². The Balaban J connectivity index is 1.46. The molecular formula is C14H23N3O2. The quantitative estimate of drug-likeness (QED) is 0.817. The van der Waals surface area contributed by atoms with Gasteiger partial charge in [0, 0.05) is 20.2 Å². The van der Waals surface area contributed by atoms with Crippen molar-refractivity contribution >= 4 is 6.34 Å². The predicted molar refractivity (Wildman–Crippen MR) is 73.8 cm³/mol. The molecule has 1 spiro atoms. The van der Waals surface area contributed by atoms with Gasteiger partial charge in [0.25, 0.3) is 0 Å². The number of hydrogen-bond donors (Lipinski definition) is 1. The van der Waals surface area contributed by atoms with Gasteiger partial charge >= 0.3 is 0 Å². The molecule has 0 bridgehead atoms. The van der Waals surface area contributed by atoms with E-state index in [1.54, 1.807) is 0 Å². The highest BCUT2D eigenvalue weighted by Gasteiger charge is 2.47. The molecule has 1 aliphatic carbocycles. The minimum Gasteiger partial charge on any atom is -0.373 e. The molecule has 1 atom stereocenters. The lowest BCUT2D eigenvalue weighted by Crippen LogP contribution is -2.41. The average Bonchev–Trinajstić information content (AvgIpc) is 3.22. The third-order valence-corrected chi connectivity index (χ3v) is 4.11. The summed E-state index contributed by atoms with van der Waals surface area (Å²) in [6.07, 6.45) is 10.0. The lowest BCUT2D eigenvalue weighted by atomic mass is 10.2. The number of ether oxygens (including phenoxy) is 2. The largest absolute Gasteiger partial charge is 0.373 e. The lowest BCUT2D eigenvalue weighted by Gasteiger charge is -2.32. The number of hydrogen-bond acceptors (Lipinski definition) is 5. The molecule has 2 aliphatic heterocycles. The zero-order valence-corrected chi connectivity index (χ0v) is 11.6. The van der Waals surface area contributed by atoms with Crippen LogP contribution in [0.2, 0.25) is 0 Å². The third-order valence-electron chi connectivity index (χ3n) is 4.11. The molecule has 5 heteroatoms. The first kappa shape index (κ1) is 12.9. The monoisotopic (exact) mass is 265 g/mol. The highest BCUT2D eigenvalue weighted by molar-refractivity contribution is 5.62. The Morgan fingerprint density at radius 1 is 1.53 bits per heavy atom. The maximum Gasteiger partial charge on any atom is 0.157 e. The molecule has 3 rings (SSSR count). The summed E-state index contributed by atoms with van der Waals surface area (Å²) in [6.45, 7) is 2.44. The lowest BCUT2D eigenvalue weighted by molar-refractivity contribution is -0.163. The fourth-order valence-electron chi connectivity index (χ4n) is 2.72. The Kier molecular flexibility index (Phi) is 3.75. The van der Waals surface area contributed by atoms with Gasteiger partial charge in [-0.05, 0) is 38.2 Å². The van der Waals surface area contributed by atoms with Crippen LogP contribution in [0.25, 0.3) is 0 Å². The van der Waals surface area contributed by atoms with Gasteiger partial charge in [0.1, 0.15) is 5.82 Å². The Morgan fingerprint density at radius 3 is 3.11 bits per heavy atom. The Hall–Kier alpha value is -1.07. The molecule has 1 unspecified atom stereocenters. The minimum atomic E-state index is 0.00837. The summed E-state index contributed by atoms with van der Waals surface area (Å²) in [7, 11) is 1.92. The Labute approximate surface area is 114 Å². The van der Waals surface area contributed by atoms with Crippen molar-refractivity contribution in [2.75, 3.05) is 26.8 Å². The molecule has 2 fully saturated rings. The van der Waals surface area contributed by atoms with E-state index in [-0.39, 0.29) is 11.8 Å². The van der Waals surface area contributed by atoms with Gasteiger partial charge in [0.05, 0.1) is 18.5 Å². The van der Waals surface area contributed by atoms with Gasteiger partial charge < -0.3 is 19.7 Å². The average molecular weight is 265 g/mol. The van der Waals surface area contributed by atoms with E-state index in [0.717, 1.165) is 25.4 Å². The molecule has 0 amide bonds. The molecule has 3 aliphatic rings. The second-order valence-corrected chi connectivity index (χ2v) is 5.49. The zero-order chi connectivity index (χ0) is 13.1. The maximum atomic E-state index is 5.80. The van der Waals surface area contributed by atoms with Crippen LogP contribution in [0.15, 0.2) is 16.9 Å². The first-order valence-corrected chi connectivity index (χ1v) is 7.27. The molecule has 0 aromatic rings. The van der Waals surface area contributed by atoms with E-state index >= 15 is 0 Å². The van der Waals surface area contributed by atoms with Crippen molar-refractivity contribution < 1.29 is 9.47 Å². The second kappa shape index (κ2) is 5.51. The van der Waals surface area contributed by atoms with E-state index < -0.39 is 0 Å². The standard InChI is InChI=1S/C14H23N3O2/c1-15-12-10-14(5-6-14)17(11-16-12)7-9-19-13-4-2-3-8-18-13/h10-11,13,15H,2-9H2,1H3. The molecule has 0 aromatic carbocycles. The zero-order valence-electron chi connectivity index (χ0n) is 11.6. The van der Waals surface area contributed by atoms with Gasteiger partial charge in [-0.25, -0.2) is 4.99 Å². The number of aliphatic imine (C=N–C) groups is 1. The van der Waals surface area contributed by atoms with Crippen molar-refractivity contribution in [3.8, 4) is 0 Å². The molecule has 1 saturated heterocycles.